The number of hydrogen-bond acceptors (Lipinski definition) is 5. The third-order valence-electron chi connectivity index (χ3n) is 2.53. The van der Waals surface area contributed by atoms with E-state index in [0.29, 0.717) is 18.8 Å². The Balaban J connectivity index is 2.71. The van der Waals surface area contributed by atoms with Crippen molar-refractivity contribution < 1.29 is 14.3 Å². The Morgan fingerprint density at radius 1 is 1.39 bits per heavy atom. The Kier molecular flexibility index (Phi) is 6.14. The molecule has 0 amide bonds. The first kappa shape index (κ1) is 14.4. The van der Waals surface area contributed by atoms with Gasteiger partial charge in [-0.25, -0.2) is 9.78 Å². The van der Waals surface area contributed by atoms with Gasteiger partial charge in [0.2, 0.25) is 0 Å². The van der Waals surface area contributed by atoms with Crippen molar-refractivity contribution in [3.63, 3.8) is 0 Å². The van der Waals surface area contributed by atoms with Crippen LogP contribution in [-0.2, 0) is 9.47 Å². The zero-order chi connectivity index (χ0) is 13.4. The molecular weight excluding hydrogens is 232 g/mol. The highest BCUT2D eigenvalue weighted by molar-refractivity contribution is 5.89. The van der Waals surface area contributed by atoms with Crippen LogP contribution in [0.3, 0.4) is 0 Å². The van der Waals surface area contributed by atoms with E-state index in [2.05, 4.69) is 16.8 Å². The Morgan fingerprint density at radius 3 is 2.67 bits per heavy atom. The lowest BCUT2D eigenvalue weighted by Crippen LogP contribution is -2.27. The minimum absolute atomic E-state index is 0.337. The first-order chi connectivity index (χ1) is 8.72. The van der Waals surface area contributed by atoms with Crippen LogP contribution in [0.15, 0.2) is 18.3 Å². The maximum atomic E-state index is 11.5. The molecule has 1 rings (SSSR count). The largest absolute Gasteiger partial charge is 0.462 e. The second-order valence-electron chi connectivity index (χ2n) is 3.70. The van der Waals surface area contributed by atoms with Crippen molar-refractivity contribution in [2.75, 3.05) is 38.3 Å². The summed E-state index contributed by atoms with van der Waals surface area (Å²) >= 11 is 0. The summed E-state index contributed by atoms with van der Waals surface area (Å²) in [7, 11) is 1.67. The molecule has 0 unspecified atom stereocenters. The number of methoxy groups -OCH3 is 1. The van der Waals surface area contributed by atoms with Gasteiger partial charge in [0.25, 0.3) is 0 Å². The summed E-state index contributed by atoms with van der Waals surface area (Å²) in [6.07, 6.45) is 1.54. The molecule has 0 aliphatic heterocycles. The van der Waals surface area contributed by atoms with E-state index in [0.717, 1.165) is 18.9 Å². The molecule has 0 atom stereocenters. The molecule has 1 heterocycles. The predicted octanol–water partition coefficient (Wildman–Crippen LogP) is 1.73. The van der Waals surface area contributed by atoms with Crippen LogP contribution in [0.2, 0.25) is 0 Å². The predicted molar refractivity (Wildman–Crippen MR) is 70.0 cm³/mol. The molecule has 1 aromatic heterocycles. The standard InChI is InChI=1S/C13H20N2O3/c1-4-15(8-9-17-3)12-7-6-11(10-14-12)13(16)18-5-2/h6-7,10H,4-5,8-9H2,1-3H3. The number of rotatable bonds is 7. The van der Waals surface area contributed by atoms with Crippen molar-refractivity contribution in [1.29, 1.82) is 0 Å². The summed E-state index contributed by atoms with van der Waals surface area (Å²) in [5.74, 6) is 0.499. The van der Waals surface area contributed by atoms with Crippen LogP contribution in [0.1, 0.15) is 24.2 Å². The molecule has 0 aromatic carbocycles. The molecule has 0 saturated carbocycles. The average molecular weight is 252 g/mol. The van der Waals surface area contributed by atoms with Crippen LogP contribution in [0, 0.1) is 0 Å². The fourth-order valence-corrected chi connectivity index (χ4v) is 1.54. The van der Waals surface area contributed by atoms with E-state index in [9.17, 15) is 4.79 Å². The molecule has 5 heteroatoms. The molecule has 0 aliphatic carbocycles. The fourth-order valence-electron chi connectivity index (χ4n) is 1.54. The number of carbonyl (C=O) groups excluding carboxylic acids is 1. The molecule has 0 spiro atoms. The maximum absolute atomic E-state index is 11.5. The zero-order valence-electron chi connectivity index (χ0n) is 11.2. The van der Waals surface area contributed by atoms with Crippen molar-refractivity contribution in [2.45, 2.75) is 13.8 Å². The summed E-state index contributed by atoms with van der Waals surface area (Å²) < 4.78 is 9.95. The molecular formula is C13H20N2O3. The number of nitrogens with zero attached hydrogens (tertiary/aromatic N) is 2. The van der Waals surface area contributed by atoms with E-state index in [4.69, 9.17) is 9.47 Å². The lowest BCUT2D eigenvalue weighted by molar-refractivity contribution is 0.0526. The highest BCUT2D eigenvalue weighted by Crippen LogP contribution is 2.11. The van der Waals surface area contributed by atoms with E-state index in [1.165, 1.54) is 0 Å². The van der Waals surface area contributed by atoms with Gasteiger partial charge in [0.05, 0.1) is 18.8 Å². The average Bonchev–Trinajstić information content (AvgIpc) is 2.40. The number of hydrogen-bond donors (Lipinski definition) is 0. The van der Waals surface area contributed by atoms with Crippen molar-refractivity contribution in [3.8, 4) is 0 Å². The van der Waals surface area contributed by atoms with Crippen molar-refractivity contribution in [1.82, 2.24) is 4.98 Å². The molecule has 1 aromatic rings. The van der Waals surface area contributed by atoms with Gasteiger partial charge in [0.15, 0.2) is 0 Å². The number of aromatic nitrogens is 1. The van der Waals surface area contributed by atoms with Gasteiger partial charge in [-0.1, -0.05) is 0 Å². The molecule has 0 saturated heterocycles. The highest BCUT2D eigenvalue weighted by Gasteiger charge is 2.09. The number of carbonyl (C=O) groups is 1. The molecule has 18 heavy (non-hydrogen) atoms. The lowest BCUT2D eigenvalue weighted by Gasteiger charge is -2.21. The van der Waals surface area contributed by atoms with E-state index in [1.54, 1.807) is 26.3 Å². The van der Waals surface area contributed by atoms with Crippen molar-refractivity contribution in [2.24, 2.45) is 0 Å². The quantitative estimate of drug-likeness (QED) is 0.692. The van der Waals surface area contributed by atoms with Gasteiger partial charge in [-0.3, -0.25) is 0 Å². The Labute approximate surface area is 108 Å². The Hall–Kier alpha value is -1.62. The SMILES string of the molecule is CCOC(=O)c1ccc(N(CC)CCOC)nc1. The van der Waals surface area contributed by atoms with Gasteiger partial charge < -0.3 is 14.4 Å². The van der Waals surface area contributed by atoms with E-state index in [1.807, 2.05) is 6.07 Å². The third-order valence-corrected chi connectivity index (χ3v) is 2.53. The van der Waals surface area contributed by atoms with Gasteiger partial charge in [-0.05, 0) is 26.0 Å². The smallest absolute Gasteiger partial charge is 0.339 e. The first-order valence-electron chi connectivity index (χ1n) is 6.10. The monoisotopic (exact) mass is 252 g/mol. The number of ether oxygens (including phenoxy) is 2. The van der Waals surface area contributed by atoms with Gasteiger partial charge in [-0.2, -0.15) is 0 Å². The minimum atomic E-state index is -0.337. The van der Waals surface area contributed by atoms with E-state index < -0.39 is 0 Å². The molecule has 0 bridgehead atoms. The van der Waals surface area contributed by atoms with Crippen LogP contribution in [-0.4, -0.2) is 44.4 Å². The van der Waals surface area contributed by atoms with Crippen LogP contribution >= 0.6 is 0 Å². The molecule has 5 nitrogen and oxygen atoms in total. The second-order valence-corrected chi connectivity index (χ2v) is 3.70. The summed E-state index contributed by atoms with van der Waals surface area (Å²) in [5.41, 5.74) is 0.475. The number of likely N-dealkylation sites (N-methyl/N-ethyl adjacent to an activating group) is 1. The van der Waals surface area contributed by atoms with E-state index in [-0.39, 0.29) is 5.97 Å². The number of esters is 1. The minimum Gasteiger partial charge on any atom is -0.462 e. The summed E-state index contributed by atoms with van der Waals surface area (Å²) in [6.45, 7) is 6.47. The second kappa shape index (κ2) is 7.66. The van der Waals surface area contributed by atoms with Crippen LogP contribution in [0.4, 0.5) is 5.82 Å². The van der Waals surface area contributed by atoms with E-state index >= 15 is 0 Å². The van der Waals surface area contributed by atoms with Crippen molar-refractivity contribution >= 4 is 11.8 Å². The molecule has 100 valence electrons. The summed E-state index contributed by atoms with van der Waals surface area (Å²) in [6, 6.07) is 3.56. The van der Waals surface area contributed by atoms with Gasteiger partial charge in [0.1, 0.15) is 5.82 Å². The normalized spacial score (nSPS) is 10.2. The van der Waals surface area contributed by atoms with Crippen molar-refractivity contribution in [3.05, 3.63) is 23.9 Å². The third kappa shape index (κ3) is 4.00. The van der Waals surface area contributed by atoms with Gasteiger partial charge >= 0.3 is 5.97 Å². The van der Waals surface area contributed by atoms with Crippen LogP contribution < -0.4 is 4.90 Å². The summed E-state index contributed by atoms with van der Waals surface area (Å²) in [4.78, 5) is 17.8. The molecule has 0 radical (unpaired) electrons. The zero-order valence-corrected chi connectivity index (χ0v) is 11.2. The topological polar surface area (TPSA) is 51.7 Å². The molecule has 0 fully saturated rings. The summed E-state index contributed by atoms with van der Waals surface area (Å²) in [5, 5.41) is 0. The lowest BCUT2D eigenvalue weighted by atomic mass is 10.3. The number of anilines is 1. The molecule has 0 aliphatic rings. The van der Waals surface area contributed by atoms with Gasteiger partial charge in [0, 0.05) is 26.4 Å². The Morgan fingerprint density at radius 2 is 2.17 bits per heavy atom. The number of pyridine rings is 1. The van der Waals surface area contributed by atoms with Crippen LogP contribution in [0.5, 0.6) is 0 Å². The first-order valence-corrected chi connectivity index (χ1v) is 6.10. The van der Waals surface area contributed by atoms with Crippen LogP contribution in [0.25, 0.3) is 0 Å². The highest BCUT2D eigenvalue weighted by atomic mass is 16.5. The molecule has 0 N–H and O–H groups in total. The van der Waals surface area contributed by atoms with Gasteiger partial charge in [-0.15, -0.1) is 0 Å². The maximum Gasteiger partial charge on any atom is 0.339 e. The Bertz CT molecular complexity index is 365. The fraction of sp³-hybridized carbons (Fsp3) is 0.538.